The van der Waals surface area contributed by atoms with Crippen molar-refractivity contribution in [1.82, 2.24) is 15.1 Å². The van der Waals surface area contributed by atoms with Crippen LogP contribution in [0.15, 0.2) is 0 Å². The topological polar surface area (TPSA) is 29.9 Å². The van der Waals surface area contributed by atoms with Gasteiger partial charge in [0.1, 0.15) is 0 Å². The summed E-state index contributed by atoms with van der Waals surface area (Å²) in [6.45, 7) is 11.0. The molecule has 20 heavy (non-hydrogen) atoms. The summed E-state index contributed by atoms with van der Waals surface area (Å²) in [5.74, 6) is 0.955. The molecule has 0 aromatic carbocycles. The van der Waals surface area contributed by atoms with Gasteiger partial charge in [0.15, 0.2) is 0 Å². The number of nitrogens with one attached hydrogen (secondary N) is 1. The van der Waals surface area contributed by atoms with Crippen LogP contribution >= 0.6 is 0 Å². The minimum Gasteiger partial charge on any atom is -0.317 e. The highest BCUT2D eigenvalue weighted by Gasteiger charge is 2.24. The number of rotatable bonds is 6. The Kier molecular flexibility index (Phi) is 5.64. The van der Waals surface area contributed by atoms with Crippen molar-refractivity contribution < 1.29 is 0 Å². The molecule has 0 saturated heterocycles. The Balaban J connectivity index is 2.04. The summed E-state index contributed by atoms with van der Waals surface area (Å²) in [5.41, 5.74) is 4.10. The largest absolute Gasteiger partial charge is 0.317 e. The van der Waals surface area contributed by atoms with Crippen molar-refractivity contribution in [2.45, 2.75) is 72.3 Å². The van der Waals surface area contributed by atoms with Crippen LogP contribution in [0.3, 0.4) is 0 Å². The zero-order valence-electron chi connectivity index (χ0n) is 13.7. The number of nitrogens with zero attached hydrogens (tertiary/aromatic N) is 2. The first-order valence-corrected chi connectivity index (χ1v) is 8.42. The zero-order valence-corrected chi connectivity index (χ0v) is 13.7. The fourth-order valence-corrected chi connectivity index (χ4v) is 3.60. The summed E-state index contributed by atoms with van der Waals surface area (Å²) in [7, 11) is 0. The molecule has 1 N–H and O–H groups in total. The summed E-state index contributed by atoms with van der Waals surface area (Å²) < 4.78 is 2.34. The smallest absolute Gasteiger partial charge is 0.0629 e. The third-order valence-electron chi connectivity index (χ3n) is 5.02. The van der Waals surface area contributed by atoms with Crippen molar-refractivity contribution in [3.8, 4) is 0 Å². The maximum atomic E-state index is 4.85. The van der Waals surface area contributed by atoms with Crippen LogP contribution in [-0.4, -0.2) is 22.9 Å². The van der Waals surface area contributed by atoms with E-state index in [9.17, 15) is 0 Å². The van der Waals surface area contributed by atoms with E-state index < -0.39 is 0 Å². The molecule has 0 amide bonds. The summed E-state index contributed by atoms with van der Waals surface area (Å²) in [6.07, 6.45) is 7.84. The second-order valence-electron chi connectivity index (χ2n) is 6.28. The van der Waals surface area contributed by atoms with Gasteiger partial charge in [-0.2, -0.15) is 5.10 Å². The fraction of sp³-hybridized carbons (Fsp3) is 0.824. The number of hydrogen-bond donors (Lipinski definition) is 1. The molecule has 1 aromatic rings. The van der Waals surface area contributed by atoms with E-state index in [1.165, 1.54) is 49.1 Å². The molecule has 0 radical (unpaired) electrons. The highest BCUT2D eigenvalue weighted by molar-refractivity contribution is 5.25. The van der Waals surface area contributed by atoms with Gasteiger partial charge in [0, 0.05) is 5.69 Å². The third kappa shape index (κ3) is 3.43. The molecule has 1 heterocycles. The van der Waals surface area contributed by atoms with Gasteiger partial charge >= 0.3 is 0 Å². The summed E-state index contributed by atoms with van der Waals surface area (Å²) >= 11 is 0. The molecule has 3 nitrogen and oxygen atoms in total. The molecule has 1 aromatic heterocycles. The Morgan fingerprint density at radius 2 is 1.85 bits per heavy atom. The highest BCUT2D eigenvalue weighted by Crippen LogP contribution is 2.34. The summed E-state index contributed by atoms with van der Waals surface area (Å²) in [4.78, 5) is 0. The lowest BCUT2D eigenvalue weighted by Crippen LogP contribution is -2.20. The molecule has 0 unspecified atom stereocenters. The van der Waals surface area contributed by atoms with E-state index >= 15 is 0 Å². The van der Waals surface area contributed by atoms with Crippen molar-refractivity contribution >= 4 is 0 Å². The average Bonchev–Trinajstić information content (AvgIpc) is 2.75. The molecule has 1 saturated carbocycles. The molecule has 2 rings (SSSR count). The molecule has 114 valence electrons. The molecule has 0 spiro atoms. The zero-order chi connectivity index (χ0) is 14.5. The van der Waals surface area contributed by atoms with E-state index in [1.807, 2.05) is 0 Å². The Morgan fingerprint density at radius 1 is 1.15 bits per heavy atom. The Morgan fingerprint density at radius 3 is 2.45 bits per heavy atom. The standard InChI is InChI=1S/C17H31N3/c1-5-15-7-9-16(10-8-15)20-14(4)17(13(3)19-20)11-12-18-6-2/h15-16,18H,5-12H2,1-4H3. The molecule has 1 fully saturated rings. The maximum Gasteiger partial charge on any atom is 0.0629 e. The second kappa shape index (κ2) is 7.26. The van der Waals surface area contributed by atoms with Crippen LogP contribution < -0.4 is 5.32 Å². The van der Waals surface area contributed by atoms with Gasteiger partial charge in [0.2, 0.25) is 0 Å². The Labute approximate surface area is 124 Å². The summed E-state index contributed by atoms with van der Waals surface area (Å²) in [6, 6.07) is 0.643. The van der Waals surface area contributed by atoms with Gasteiger partial charge in [-0.15, -0.1) is 0 Å². The van der Waals surface area contributed by atoms with Crippen LogP contribution in [0.1, 0.15) is 68.9 Å². The predicted octanol–water partition coefficient (Wildman–Crippen LogP) is 3.79. The maximum absolute atomic E-state index is 4.85. The highest BCUT2D eigenvalue weighted by atomic mass is 15.3. The molecular formula is C17H31N3. The number of likely N-dealkylation sites (N-methyl/N-ethyl adjacent to an activating group) is 1. The average molecular weight is 277 g/mol. The van der Waals surface area contributed by atoms with E-state index in [-0.39, 0.29) is 0 Å². The van der Waals surface area contributed by atoms with E-state index in [4.69, 9.17) is 5.10 Å². The van der Waals surface area contributed by atoms with Gasteiger partial charge in [0.05, 0.1) is 11.7 Å². The second-order valence-corrected chi connectivity index (χ2v) is 6.28. The Hall–Kier alpha value is -0.830. The van der Waals surface area contributed by atoms with Crippen molar-refractivity contribution in [1.29, 1.82) is 0 Å². The van der Waals surface area contributed by atoms with Crippen LogP contribution in [0.5, 0.6) is 0 Å². The third-order valence-corrected chi connectivity index (χ3v) is 5.02. The number of aromatic nitrogens is 2. The van der Waals surface area contributed by atoms with Crippen LogP contribution in [-0.2, 0) is 6.42 Å². The SMILES string of the molecule is CCNCCc1c(C)nn(C2CCC(CC)CC2)c1C. The number of aryl methyl sites for hydroxylation is 1. The quantitative estimate of drug-likeness (QED) is 0.802. The molecule has 0 atom stereocenters. The monoisotopic (exact) mass is 277 g/mol. The van der Waals surface area contributed by atoms with Gasteiger partial charge < -0.3 is 5.32 Å². The lowest BCUT2D eigenvalue weighted by atomic mass is 9.84. The lowest BCUT2D eigenvalue weighted by Gasteiger charge is -2.28. The Bertz CT molecular complexity index is 414. The minimum absolute atomic E-state index is 0.643. The first-order chi connectivity index (χ1) is 9.67. The molecule has 3 heteroatoms. The van der Waals surface area contributed by atoms with Crippen molar-refractivity contribution in [3.05, 3.63) is 17.0 Å². The minimum atomic E-state index is 0.643. The first kappa shape index (κ1) is 15.6. The lowest BCUT2D eigenvalue weighted by molar-refractivity contribution is 0.253. The van der Waals surface area contributed by atoms with Gasteiger partial charge in [-0.1, -0.05) is 20.3 Å². The van der Waals surface area contributed by atoms with Crippen LogP contribution in [0.2, 0.25) is 0 Å². The van der Waals surface area contributed by atoms with Crippen LogP contribution in [0, 0.1) is 19.8 Å². The van der Waals surface area contributed by atoms with E-state index in [2.05, 4.69) is 37.7 Å². The van der Waals surface area contributed by atoms with Crippen LogP contribution in [0.25, 0.3) is 0 Å². The predicted molar refractivity (Wildman–Crippen MR) is 85.2 cm³/mol. The van der Waals surface area contributed by atoms with Crippen LogP contribution in [0.4, 0.5) is 0 Å². The molecule has 1 aliphatic rings. The number of hydrogen-bond acceptors (Lipinski definition) is 2. The van der Waals surface area contributed by atoms with Gasteiger partial charge in [-0.25, -0.2) is 0 Å². The van der Waals surface area contributed by atoms with Crippen molar-refractivity contribution in [2.24, 2.45) is 5.92 Å². The van der Waals surface area contributed by atoms with Crippen molar-refractivity contribution in [2.75, 3.05) is 13.1 Å². The van der Waals surface area contributed by atoms with Gasteiger partial charge in [-0.05, 0) is 70.5 Å². The molecule has 1 aliphatic carbocycles. The van der Waals surface area contributed by atoms with Gasteiger partial charge in [-0.3, -0.25) is 4.68 Å². The van der Waals surface area contributed by atoms with E-state index in [0.29, 0.717) is 6.04 Å². The first-order valence-electron chi connectivity index (χ1n) is 8.42. The summed E-state index contributed by atoms with van der Waals surface area (Å²) in [5, 5.41) is 8.27. The van der Waals surface area contributed by atoms with E-state index in [0.717, 1.165) is 25.4 Å². The molecule has 0 bridgehead atoms. The molecular weight excluding hydrogens is 246 g/mol. The fourth-order valence-electron chi connectivity index (χ4n) is 3.60. The van der Waals surface area contributed by atoms with Gasteiger partial charge in [0.25, 0.3) is 0 Å². The normalized spacial score (nSPS) is 23.2. The van der Waals surface area contributed by atoms with Crippen molar-refractivity contribution in [3.63, 3.8) is 0 Å². The van der Waals surface area contributed by atoms with E-state index in [1.54, 1.807) is 0 Å². The molecule has 0 aliphatic heterocycles.